The second-order valence-corrected chi connectivity index (χ2v) is 4.95. The SMILES string of the molecule is CC[C@H](C)[C@H](NC(=O)CN)C(=O)N1CCC[C@H]1C#N. The van der Waals surface area contributed by atoms with E-state index in [2.05, 4.69) is 11.4 Å². The molecule has 0 spiro atoms. The van der Waals surface area contributed by atoms with Crippen LogP contribution in [0.4, 0.5) is 0 Å². The molecule has 1 saturated heterocycles. The Kier molecular flexibility index (Phi) is 5.77. The van der Waals surface area contributed by atoms with Crippen LogP contribution in [0.15, 0.2) is 0 Å². The Balaban J connectivity index is 2.82. The molecule has 6 heteroatoms. The average molecular weight is 266 g/mol. The lowest BCUT2D eigenvalue weighted by Crippen LogP contribution is -2.53. The van der Waals surface area contributed by atoms with Crippen molar-refractivity contribution in [1.82, 2.24) is 10.2 Å². The van der Waals surface area contributed by atoms with Crippen molar-refractivity contribution in [1.29, 1.82) is 5.26 Å². The van der Waals surface area contributed by atoms with E-state index in [-0.39, 0.29) is 30.3 Å². The largest absolute Gasteiger partial charge is 0.343 e. The zero-order chi connectivity index (χ0) is 14.4. The molecule has 0 bridgehead atoms. The molecule has 3 atom stereocenters. The van der Waals surface area contributed by atoms with Crippen molar-refractivity contribution >= 4 is 11.8 Å². The van der Waals surface area contributed by atoms with Gasteiger partial charge in [0.2, 0.25) is 11.8 Å². The third-order valence-electron chi connectivity index (χ3n) is 3.67. The highest BCUT2D eigenvalue weighted by Crippen LogP contribution is 2.20. The van der Waals surface area contributed by atoms with E-state index in [9.17, 15) is 9.59 Å². The van der Waals surface area contributed by atoms with Crippen LogP contribution in [0, 0.1) is 17.2 Å². The van der Waals surface area contributed by atoms with Crippen LogP contribution < -0.4 is 11.1 Å². The minimum absolute atomic E-state index is 0.0166. The van der Waals surface area contributed by atoms with E-state index in [0.717, 1.165) is 12.8 Å². The minimum Gasteiger partial charge on any atom is -0.343 e. The van der Waals surface area contributed by atoms with Gasteiger partial charge in [0.05, 0.1) is 12.6 Å². The standard InChI is InChI=1S/C13H22N4O2/c1-3-9(2)12(16-11(18)8-15)13(19)17-6-4-5-10(17)7-14/h9-10,12H,3-6,8,15H2,1-2H3,(H,16,18)/t9-,10-,12-/m0/s1. The normalized spacial score (nSPS) is 21.6. The molecule has 3 N–H and O–H groups in total. The van der Waals surface area contributed by atoms with Crippen LogP contribution in [0.1, 0.15) is 33.1 Å². The summed E-state index contributed by atoms with van der Waals surface area (Å²) < 4.78 is 0. The van der Waals surface area contributed by atoms with Crippen molar-refractivity contribution in [3.8, 4) is 6.07 Å². The number of nitriles is 1. The summed E-state index contributed by atoms with van der Waals surface area (Å²) in [6.45, 7) is 4.33. The predicted octanol–water partition coefficient (Wildman–Crippen LogP) is -0.00942. The average Bonchev–Trinajstić information content (AvgIpc) is 2.91. The Hall–Kier alpha value is -1.61. The minimum atomic E-state index is -0.588. The molecular weight excluding hydrogens is 244 g/mol. The number of rotatable bonds is 5. The lowest BCUT2D eigenvalue weighted by atomic mass is 9.97. The molecule has 0 unspecified atom stereocenters. The third kappa shape index (κ3) is 3.67. The molecule has 1 fully saturated rings. The maximum atomic E-state index is 12.5. The number of nitrogens with two attached hydrogens (primary N) is 1. The van der Waals surface area contributed by atoms with Gasteiger partial charge < -0.3 is 16.0 Å². The van der Waals surface area contributed by atoms with Crippen LogP contribution in [0.5, 0.6) is 0 Å². The smallest absolute Gasteiger partial charge is 0.246 e. The highest BCUT2D eigenvalue weighted by molar-refractivity contribution is 5.89. The molecule has 0 aromatic heterocycles. The summed E-state index contributed by atoms with van der Waals surface area (Å²) in [5.41, 5.74) is 5.28. The van der Waals surface area contributed by atoms with Crippen LogP contribution in [-0.4, -0.2) is 41.9 Å². The van der Waals surface area contributed by atoms with Crippen molar-refractivity contribution in [2.45, 2.75) is 45.2 Å². The molecule has 0 radical (unpaired) electrons. The Morgan fingerprint density at radius 1 is 1.58 bits per heavy atom. The molecule has 0 aliphatic carbocycles. The van der Waals surface area contributed by atoms with Crippen LogP contribution >= 0.6 is 0 Å². The molecule has 6 nitrogen and oxygen atoms in total. The van der Waals surface area contributed by atoms with Gasteiger partial charge in [-0.1, -0.05) is 20.3 Å². The van der Waals surface area contributed by atoms with E-state index in [1.807, 2.05) is 13.8 Å². The van der Waals surface area contributed by atoms with Gasteiger partial charge in [-0.05, 0) is 18.8 Å². The van der Waals surface area contributed by atoms with E-state index in [4.69, 9.17) is 11.0 Å². The zero-order valence-electron chi connectivity index (χ0n) is 11.6. The fourth-order valence-corrected chi connectivity index (χ4v) is 2.26. The fourth-order valence-electron chi connectivity index (χ4n) is 2.26. The first kappa shape index (κ1) is 15.4. The maximum absolute atomic E-state index is 12.5. The van der Waals surface area contributed by atoms with Gasteiger partial charge in [-0.3, -0.25) is 9.59 Å². The Bertz CT molecular complexity index is 377. The molecule has 106 valence electrons. The van der Waals surface area contributed by atoms with Gasteiger partial charge in [0, 0.05) is 6.54 Å². The number of hydrogen-bond acceptors (Lipinski definition) is 4. The van der Waals surface area contributed by atoms with Crippen LogP contribution in [0.2, 0.25) is 0 Å². The van der Waals surface area contributed by atoms with Crippen molar-refractivity contribution in [3.63, 3.8) is 0 Å². The van der Waals surface area contributed by atoms with E-state index >= 15 is 0 Å². The number of hydrogen-bond donors (Lipinski definition) is 2. The molecule has 2 amide bonds. The third-order valence-corrected chi connectivity index (χ3v) is 3.67. The molecule has 0 saturated carbocycles. The monoisotopic (exact) mass is 266 g/mol. The number of nitrogens with zero attached hydrogens (tertiary/aromatic N) is 2. The van der Waals surface area contributed by atoms with E-state index in [1.54, 1.807) is 4.90 Å². The topological polar surface area (TPSA) is 99.2 Å². The highest BCUT2D eigenvalue weighted by atomic mass is 16.2. The number of likely N-dealkylation sites (tertiary alicyclic amines) is 1. The van der Waals surface area contributed by atoms with Crippen molar-refractivity contribution in [2.75, 3.05) is 13.1 Å². The number of nitrogens with one attached hydrogen (secondary N) is 1. The van der Waals surface area contributed by atoms with Gasteiger partial charge in [-0.2, -0.15) is 5.26 Å². The van der Waals surface area contributed by atoms with Crippen LogP contribution in [-0.2, 0) is 9.59 Å². The Morgan fingerprint density at radius 2 is 2.26 bits per heavy atom. The molecule has 0 aromatic carbocycles. The fraction of sp³-hybridized carbons (Fsp3) is 0.769. The molecule has 1 aliphatic rings. The second kappa shape index (κ2) is 7.10. The lowest BCUT2D eigenvalue weighted by Gasteiger charge is -2.29. The summed E-state index contributed by atoms with van der Waals surface area (Å²) >= 11 is 0. The number of carbonyl (C=O) groups excluding carboxylic acids is 2. The number of carbonyl (C=O) groups is 2. The molecular formula is C13H22N4O2. The lowest BCUT2D eigenvalue weighted by molar-refractivity contribution is -0.137. The quantitative estimate of drug-likeness (QED) is 0.731. The highest BCUT2D eigenvalue weighted by Gasteiger charge is 2.35. The summed E-state index contributed by atoms with van der Waals surface area (Å²) in [6, 6.07) is 1.19. The molecule has 1 aliphatic heterocycles. The van der Waals surface area contributed by atoms with E-state index < -0.39 is 6.04 Å². The first-order valence-corrected chi connectivity index (χ1v) is 6.74. The maximum Gasteiger partial charge on any atom is 0.246 e. The molecule has 1 heterocycles. The molecule has 19 heavy (non-hydrogen) atoms. The van der Waals surface area contributed by atoms with Gasteiger partial charge in [0.1, 0.15) is 12.1 Å². The van der Waals surface area contributed by atoms with E-state index in [1.165, 1.54) is 0 Å². The van der Waals surface area contributed by atoms with Gasteiger partial charge in [0.25, 0.3) is 0 Å². The van der Waals surface area contributed by atoms with E-state index in [0.29, 0.717) is 13.0 Å². The van der Waals surface area contributed by atoms with Gasteiger partial charge in [-0.15, -0.1) is 0 Å². The summed E-state index contributed by atoms with van der Waals surface area (Å²) in [7, 11) is 0. The zero-order valence-corrected chi connectivity index (χ0v) is 11.6. The first-order chi connectivity index (χ1) is 9.04. The van der Waals surface area contributed by atoms with Gasteiger partial charge in [-0.25, -0.2) is 0 Å². The Morgan fingerprint density at radius 3 is 2.79 bits per heavy atom. The second-order valence-electron chi connectivity index (χ2n) is 4.95. The van der Waals surface area contributed by atoms with Crippen LogP contribution in [0.3, 0.4) is 0 Å². The summed E-state index contributed by atoms with van der Waals surface area (Å²) in [5, 5.41) is 11.7. The van der Waals surface area contributed by atoms with Gasteiger partial charge in [0.15, 0.2) is 0 Å². The Labute approximate surface area is 113 Å². The summed E-state index contributed by atoms with van der Waals surface area (Å²) in [6.07, 6.45) is 2.31. The van der Waals surface area contributed by atoms with Crippen LogP contribution in [0.25, 0.3) is 0 Å². The predicted molar refractivity (Wildman–Crippen MR) is 70.8 cm³/mol. The van der Waals surface area contributed by atoms with Gasteiger partial charge >= 0.3 is 0 Å². The molecule has 0 aromatic rings. The van der Waals surface area contributed by atoms with Crippen molar-refractivity contribution in [3.05, 3.63) is 0 Å². The van der Waals surface area contributed by atoms with Crippen molar-refractivity contribution in [2.24, 2.45) is 11.7 Å². The number of amides is 2. The molecule has 1 rings (SSSR count). The summed E-state index contributed by atoms with van der Waals surface area (Å²) in [5.74, 6) is -0.491. The van der Waals surface area contributed by atoms with Crippen molar-refractivity contribution < 1.29 is 9.59 Å². The first-order valence-electron chi connectivity index (χ1n) is 6.74. The summed E-state index contributed by atoms with van der Waals surface area (Å²) in [4.78, 5) is 25.5.